The molecule has 1 saturated heterocycles. The average Bonchev–Trinajstić information content (AvgIpc) is 2.72. The number of phenols is 1. The molecule has 11 nitrogen and oxygen atoms in total. The van der Waals surface area contributed by atoms with Gasteiger partial charge >= 0.3 is 10.4 Å². The first-order valence-corrected chi connectivity index (χ1v) is 11.4. The average molecular weight is 480 g/mol. The summed E-state index contributed by atoms with van der Waals surface area (Å²) in [6.45, 7) is 1.79. The molecule has 176 valence electrons. The van der Waals surface area contributed by atoms with Crippen LogP contribution in [0, 0.1) is 0 Å². The Balaban J connectivity index is 1.90. The Bertz CT molecular complexity index is 1470. The van der Waals surface area contributed by atoms with E-state index in [1.54, 1.807) is 6.92 Å². The summed E-state index contributed by atoms with van der Waals surface area (Å²) < 4.78 is 64.8. The lowest BCUT2D eigenvalue weighted by Crippen LogP contribution is -2.43. The van der Waals surface area contributed by atoms with E-state index in [0.29, 0.717) is 12.8 Å². The minimum Gasteiger partial charge on any atom is -0.506 e. The van der Waals surface area contributed by atoms with Crippen LogP contribution in [0.5, 0.6) is 28.7 Å². The lowest BCUT2D eigenvalue weighted by atomic mass is 9.91. The molecule has 0 aliphatic carbocycles. The number of fused-ring (bicyclic) bond motifs is 6. The van der Waals surface area contributed by atoms with Crippen molar-refractivity contribution in [3.63, 3.8) is 0 Å². The van der Waals surface area contributed by atoms with Gasteiger partial charge in [-0.2, -0.15) is 8.42 Å². The van der Waals surface area contributed by atoms with Crippen molar-refractivity contribution in [1.29, 1.82) is 0 Å². The highest BCUT2D eigenvalue weighted by molar-refractivity contribution is 7.81. The number of ether oxygens (including phenoxy) is 4. The van der Waals surface area contributed by atoms with E-state index in [2.05, 4.69) is 4.18 Å². The van der Waals surface area contributed by atoms with Crippen molar-refractivity contribution in [2.24, 2.45) is 0 Å². The molecular formula is C21H20O11S. The van der Waals surface area contributed by atoms with Crippen molar-refractivity contribution in [3.05, 3.63) is 27.9 Å². The van der Waals surface area contributed by atoms with Crippen molar-refractivity contribution in [3.8, 4) is 28.7 Å². The fourth-order valence-electron chi connectivity index (χ4n) is 4.57. The van der Waals surface area contributed by atoms with Gasteiger partial charge in [0.15, 0.2) is 22.8 Å². The Hall–Kier alpha value is -3.22. The molecule has 0 spiro atoms. The normalized spacial score (nSPS) is 22.0. The van der Waals surface area contributed by atoms with Crippen molar-refractivity contribution >= 4 is 32.3 Å². The summed E-state index contributed by atoms with van der Waals surface area (Å²) in [5.41, 5.74) is -0.511. The summed E-state index contributed by atoms with van der Waals surface area (Å²) in [7, 11) is -2.32. The van der Waals surface area contributed by atoms with Gasteiger partial charge < -0.3 is 32.7 Å². The van der Waals surface area contributed by atoms with Gasteiger partial charge in [-0.15, -0.1) is 0 Å². The fourth-order valence-corrected chi connectivity index (χ4v) is 4.92. The maximum atomic E-state index is 13.6. The van der Waals surface area contributed by atoms with E-state index in [9.17, 15) is 18.3 Å². The van der Waals surface area contributed by atoms with Gasteiger partial charge in [0.25, 0.3) is 0 Å². The number of benzene rings is 2. The maximum Gasteiger partial charge on any atom is 0.446 e. The van der Waals surface area contributed by atoms with Crippen LogP contribution in [0.25, 0.3) is 21.9 Å². The fraction of sp³-hybridized carbons (Fsp3) is 0.381. The van der Waals surface area contributed by atoms with Crippen LogP contribution in [0.4, 0.5) is 0 Å². The topological polar surface area (TPSA) is 151 Å². The molecular weight excluding hydrogens is 460 g/mol. The van der Waals surface area contributed by atoms with Gasteiger partial charge in [0, 0.05) is 13.3 Å². The molecule has 1 aromatic heterocycles. The zero-order chi connectivity index (χ0) is 23.7. The van der Waals surface area contributed by atoms with Gasteiger partial charge in [0.2, 0.25) is 17.0 Å². The van der Waals surface area contributed by atoms with Gasteiger partial charge in [0.05, 0.1) is 25.9 Å². The lowest BCUT2D eigenvalue weighted by Gasteiger charge is -2.44. The molecule has 1 fully saturated rings. The quantitative estimate of drug-likeness (QED) is 0.418. The van der Waals surface area contributed by atoms with E-state index in [-0.39, 0.29) is 44.8 Å². The van der Waals surface area contributed by atoms with Gasteiger partial charge in [0.1, 0.15) is 22.1 Å². The first-order valence-electron chi connectivity index (χ1n) is 10.0. The summed E-state index contributed by atoms with van der Waals surface area (Å²) >= 11 is 0. The molecule has 2 aromatic carbocycles. The molecule has 3 aromatic rings. The Morgan fingerprint density at radius 1 is 1.15 bits per heavy atom. The molecule has 2 aliphatic rings. The number of phenolic OH excluding ortho intramolecular Hbond substituents is 1. The predicted octanol–water partition coefficient (Wildman–Crippen LogP) is 3.20. The van der Waals surface area contributed by atoms with E-state index >= 15 is 0 Å². The third kappa shape index (κ3) is 3.24. The Kier molecular flexibility index (Phi) is 4.68. The number of hydrogen-bond acceptors (Lipinski definition) is 10. The highest BCUT2D eigenvalue weighted by atomic mass is 32.3. The van der Waals surface area contributed by atoms with Crippen LogP contribution in [-0.4, -0.2) is 38.1 Å². The second kappa shape index (κ2) is 7.14. The minimum atomic E-state index is -4.90. The molecule has 2 atom stereocenters. The van der Waals surface area contributed by atoms with Crippen molar-refractivity contribution in [2.45, 2.75) is 38.1 Å². The number of aromatic hydroxyl groups is 1. The van der Waals surface area contributed by atoms with Crippen LogP contribution in [0.2, 0.25) is 0 Å². The molecule has 33 heavy (non-hydrogen) atoms. The monoisotopic (exact) mass is 480 g/mol. The van der Waals surface area contributed by atoms with E-state index in [4.69, 9.17) is 27.9 Å². The van der Waals surface area contributed by atoms with Crippen LogP contribution in [0.15, 0.2) is 21.3 Å². The van der Waals surface area contributed by atoms with Crippen LogP contribution in [0.3, 0.4) is 0 Å². The van der Waals surface area contributed by atoms with E-state index in [0.717, 1.165) is 12.5 Å². The standard InChI is InChI=1S/C21H20O11S/c1-21-8-4-5-10(30-21)13-16(23)14-15(22)12-9(29-18(14)20(28-3)19(13)31-21)6-7-11(17(12)27-2)32-33(24,25)26/h6-7,10,23H,4-5,8H2,1-3H3,(H,24,25,26). The van der Waals surface area contributed by atoms with Gasteiger partial charge in [-0.3, -0.25) is 9.35 Å². The lowest BCUT2D eigenvalue weighted by molar-refractivity contribution is -0.243. The molecule has 3 heterocycles. The molecule has 0 amide bonds. The predicted molar refractivity (Wildman–Crippen MR) is 114 cm³/mol. The Labute approximate surface area is 187 Å². The molecule has 12 heteroatoms. The molecule has 2 unspecified atom stereocenters. The first kappa shape index (κ1) is 21.6. The van der Waals surface area contributed by atoms with Crippen LogP contribution in [-0.2, 0) is 15.1 Å². The highest BCUT2D eigenvalue weighted by Crippen LogP contribution is 2.56. The maximum absolute atomic E-state index is 13.6. The highest BCUT2D eigenvalue weighted by Gasteiger charge is 2.45. The zero-order valence-corrected chi connectivity index (χ0v) is 18.6. The van der Waals surface area contributed by atoms with Crippen molar-refractivity contribution in [1.82, 2.24) is 0 Å². The molecule has 0 saturated carbocycles. The SMILES string of the molecule is COc1c2c(c(O)c3c(=O)c4c(OC)c(OS(=O)(=O)O)ccc4oc13)C1CCCC(C)(O2)O1. The summed E-state index contributed by atoms with van der Waals surface area (Å²) in [4.78, 5) is 13.6. The van der Waals surface area contributed by atoms with E-state index < -0.39 is 39.2 Å². The Morgan fingerprint density at radius 3 is 2.55 bits per heavy atom. The number of methoxy groups -OCH3 is 2. The smallest absolute Gasteiger partial charge is 0.446 e. The van der Waals surface area contributed by atoms with Gasteiger partial charge in [-0.25, -0.2) is 0 Å². The second-order valence-corrected chi connectivity index (χ2v) is 9.00. The van der Waals surface area contributed by atoms with E-state index in [1.807, 2.05) is 0 Å². The molecule has 2 bridgehead atoms. The molecule has 2 aliphatic heterocycles. The van der Waals surface area contributed by atoms with Gasteiger partial charge in [-0.1, -0.05) is 0 Å². The van der Waals surface area contributed by atoms with Crippen LogP contribution in [0.1, 0.15) is 37.9 Å². The zero-order valence-electron chi connectivity index (χ0n) is 17.8. The van der Waals surface area contributed by atoms with Crippen molar-refractivity contribution in [2.75, 3.05) is 14.2 Å². The first-order chi connectivity index (χ1) is 15.6. The molecule has 2 N–H and O–H groups in total. The van der Waals surface area contributed by atoms with E-state index in [1.165, 1.54) is 20.3 Å². The Morgan fingerprint density at radius 2 is 1.88 bits per heavy atom. The largest absolute Gasteiger partial charge is 0.506 e. The third-order valence-electron chi connectivity index (χ3n) is 5.86. The second-order valence-electron chi connectivity index (χ2n) is 7.98. The summed E-state index contributed by atoms with van der Waals surface area (Å²) in [5, 5.41) is 10.8. The summed E-state index contributed by atoms with van der Waals surface area (Å²) in [6.07, 6.45) is 1.50. The number of hydrogen-bond donors (Lipinski definition) is 2. The molecule has 5 rings (SSSR count). The summed E-state index contributed by atoms with van der Waals surface area (Å²) in [6, 6.07) is 2.43. The molecule has 0 radical (unpaired) electrons. The number of rotatable bonds is 4. The third-order valence-corrected chi connectivity index (χ3v) is 6.25. The summed E-state index contributed by atoms with van der Waals surface area (Å²) in [5.74, 6) is -1.68. The van der Waals surface area contributed by atoms with Crippen LogP contribution < -0.4 is 23.8 Å². The minimum absolute atomic E-state index is 0.00292. The van der Waals surface area contributed by atoms with Crippen molar-refractivity contribution < 1.29 is 45.6 Å². The van der Waals surface area contributed by atoms with Crippen LogP contribution >= 0.6 is 0 Å². The van der Waals surface area contributed by atoms with Gasteiger partial charge in [-0.05, 0) is 25.0 Å².